The van der Waals surface area contributed by atoms with Gasteiger partial charge in [-0.2, -0.15) is 0 Å². The van der Waals surface area contributed by atoms with E-state index in [0.29, 0.717) is 11.3 Å². The second-order valence-electron chi connectivity index (χ2n) is 6.96. The van der Waals surface area contributed by atoms with Gasteiger partial charge in [-0.25, -0.2) is 0 Å². The molecule has 2 N–H and O–H groups in total. The fourth-order valence-corrected chi connectivity index (χ4v) is 2.48. The van der Waals surface area contributed by atoms with Crippen LogP contribution in [0, 0.1) is 0 Å². The minimum Gasteiger partial charge on any atom is -0.491 e. The number of carbonyl (C=O) groups excluding carboxylic acids is 1. The molecule has 1 amide bonds. The lowest BCUT2D eigenvalue weighted by molar-refractivity contribution is 0.0843. The molecule has 2 aromatic carbocycles. The van der Waals surface area contributed by atoms with E-state index in [-0.39, 0.29) is 24.5 Å². The Morgan fingerprint density at radius 1 is 1.12 bits per heavy atom. The van der Waals surface area contributed by atoms with E-state index in [1.807, 2.05) is 24.3 Å². The van der Waals surface area contributed by atoms with E-state index in [1.54, 1.807) is 24.3 Å². The van der Waals surface area contributed by atoms with E-state index in [2.05, 4.69) is 42.0 Å². The van der Waals surface area contributed by atoms with Crippen LogP contribution in [0.15, 0.2) is 53.0 Å². The summed E-state index contributed by atoms with van der Waals surface area (Å²) in [5, 5.41) is 12.7. The average molecular weight is 406 g/mol. The van der Waals surface area contributed by atoms with Crippen LogP contribution in [-0.2, 0) is 5.41 Å². The molecule has 1 unspecified atom stereocenters. The smallest absolute Gasteiger partial charge is 0.251 e. The van der Waals surface area contributed by atoms with Gasteiger partial charge in [-0.05, 0) is 47.4 Å². The van der Waals surface area contributed by atoms with E-state index >= 15 is 0 Å². The predicted octanol–water partition coefficient (Wildman–Crippen LogP) is 3.92. The molecule has 0 aromatic heterocycles. The zero-order chi connectivity index (χ0) is 18.4. The monoisotopic (exact) mass is 405 g/mol. The van der Waals surface area contributed by atoms with Gasteiger partial charge in [-0.1, -0.05) is 48.8 Å². The third-order valence-corrected chi connectivity index (χ3v) is 4.30. The molecule has 0 aliphatic rings. The summed E-state index contributed by atoms with van der Waals surface area (Å²) >= 11 is 3.33. The molecular formula is C20H24BrNO3. The molecule has 0 spiro atoms. The first-order valence-corrected chi connectivity index (χ1v) is 9.00. The minimum atomic E-state index is -0.776. The van der Waals surface area contributed by atoms with E-state index in [1.165, 1.54) is 5.56 Å². The molecule has 0 fully saturated rings. The van der Waals surface area contributed by atoms with E-state index in [9.17, 15) is 9.90 Å². The minimum absolute atomic E-state index is 0.0926. The first kappa shape index (κ1) is 19.5. The van der Waals surface area contributed by atoms with Gasteiger partial charge in [0.1, 0.15) is 18.5 Å². The van der Waals surface area contributed by atoms with Crippen molar-refractivity contribution in [1.29, 1.82) is 0 Å². The van der Waals surface area contributed by atoms with Gasteiger partial charge in [0.15, 0.2) is 0 Å². The molecule has 0 aliphatic heterocycles. The molecule has 0 radical (unpaired) electrons. The fraction of sp³-hybridized carbons (Fsp3) is 0.350. The maximum absolute atomic E-state index is 12.0. The van der Waals surface area contributed by atoms with Gasteiger partial charge in [0.2, 0.25) is 0 Å². The van der Waals surface area contributed by atoms with Crippen molar-refractivity contribution >= 4 is 21.8 Å². The number of ether oxygens (including phenoxy) is 1. The third kappa shape index (κ3) is 6.18. The van der Waals surface area contributed by atoms with Gasteiger partial charge in [0.25, 0.3) is 5.91 Å². The summed E-state index contributed by atoms with van der Waals surface area (Å²) < 4.78 is 6.49. The molecule has 4 nitrogen and oxygen atoms in total. The maximum Gasteiger partial charge on any atom is 0.251 e. The quantitative estimate of drug-likeness (QED) is 0.765. The largest absolute Gasteiger partial charge is 0.491 e. The van der Waals surface area contributed by atoms with Crippen LogP contribution in [0.1, 0.15) is 36.7 Å². The number of hydrogen-bond acceptors (Lipinski definition) is 3. The summed E-state index contributed by atoms with van der Waals surface area (Å²) in [7, 11) is 0. The van der Waals surface area contributed by atoms with Crippen LogP contribution < -0.4 is 10.1 Å². The van der Waals surface area contributed by atoms with Crippen LogP contribution in [0.2, 0.25) is 0 Å². The second-order valence-corrected chi connectivity index (χ2v) is 7.87. The Morgan fingerprint density at radius 3 is 2.28 bits per heavy atom. The lowest BCUT2D eigenvalue weighted by atomic mass is 9.87. The summed E-state index contributed by atoms with van der Waals surface area (Å²) in [6.45, 7) is 6.71. The van der Waals surface area contributed by atoms with Gasteiger partial charge in [-0.15, -0.1) is 0 Å². The fourth-order valence-electron chi connectivity index (χ4n) is 2.22. The molecule has 1 atom stereocenters. The van der Waals surface area contributed by atoms with Crippen LogP contribution >= 0.6 is 15.9 Å². The lowest BCUT2D eigenvalue weighted by Gasteiger charge is -2.19. The van der Waals surface area contributed by atoms with Crippen molar-refractivity contribution in [2.24, 2.45) is 0 Å². The number of aliphatic hydroxyl groups excluding tert-OH is 1. The molecule has 0 saturated carbocycles. The lowest BCUT2D eigenvalue weighted by Crippen LogP contribution is -2.35. The Labute approximate surface area is 157 Å². The normalized spacial score (nSPS) is 12.5. The molecule has 25 heavy (non-hydrogen) atoms. The number of hydrogen-bond donors (Lipinski definition) is 2. The van der Waals surface area contributed by atoms with Crippen molar-refractivity contribution in [3.8, 4) is 5.75 Å². The summed E-state index contributed by atoms with van der Waals surface area (Å²) in [5.41, 5.74) is 1.87. The predicted molar refractivity (Wildman–Crippen MR) is 103 cm³/mol. The highest BCUT2D eigenvalue weighted by Gasteiger charge is 2.13. The number of benzene rings is 2. The molecule has 2 rings (SSSR count). The van der Waals surface area contributed by atoms with E-state index in [0.717, 1.165) is 4.47 Å². The topological polar surface area (TPSA) is 58.6 Å². The number of nitrogens with one attached hydrogen (secondary N) is 1. The molecular weight excluding hydrogens is 382 g/mol. The number of amides is 1. The van der Waals surface area contributed by atoms with Crippen molar-refractivity contribution in [2.45, 2.75) is 32.3 Å². The summed E-state index contributed by atoms with van der Waals surface area (Å²) in [6, 6.07) is 14.9. The molecule has 2 aromatic rings. The van der Waals surface area contributed by atoms with Crippen molar-refractivity contribution in [3.63, 3.8) is 0 Å². The Balaban J connectivity index is 1.77. The maximum atomic E-state index is 12.0. The van der Waals surface area contributed by atoms with E-state index in [4.69, 9.17) is 4.74 Å². The Hall–Kier alpha value is -1.85. The highest BCUT2D eigenvalue weighted by atomic mass is 79.9. The Kier molecular flexibility index (Phi) is 6.62. The van der Waals surface area contributed by atoms with Crippen LogP contribution in [0.5, 0.6) is 5.75 Å². The van der Waals surface area contributed by atoms with Gasteiger partial charge in [-0.3, -0.25) is 4.79 Å². The van der Waals surface area contributed by atoms with Crippen molar-refractivity contribution in [1.82, 2.24) is 5.32 Å². The molecule has 0 saturated heterocycles. The zero-order valence-electron chi connectivity index (χ0n) is 14.8. The highest BCUT2D eigenvalue weighted by Crippen LogP contribution is 2.24. The van der Waals surface area contributed by atoms with Crippen molar-refractivity contribution in [3.05, 3.63) is 64.1 Å². The summed E-state index contributed by atoms with van der Waals surface area (Å²) in [6.07, 6.45) is -0.776. The number of aliphatic hydroxyl groups is 1. The first-order chi connectivity index (χ1) is 11.8. The highest BCUT2D eigenvalue weighted by molar-refractivity contribution is 9.10. The van der Waals surface area contributed by atoms with Gasteiger partial charge in [0.05, 0.1) is 0 Å². The van der Waals surface area contributed by atoms with Crippen LogP contribution in [0.4, 0.5) is 0 Å². The standard InChI is InChI=1S/C20H24BrNO3/c1-20(2,3)15-6-10-18(11-7-15)25-13-17(23)12-22-19(24)14-4-8-16(21)9-5-14/h4-11,17,23H,12-13H2,1-3H3,(H,22,24). The van der Waals surface area contributed by atoms with Crippen molar-refractivity contribution < 1.29 is 14.6 Å². The molecule has 0 heterocycles. The molecule has 0 aliphatic carbocycles. The van der Waals surface area contributed by atoms with Crippen molar-refractivity contribution in [2.75, 3.05) is 13.2 Å². The molecule has 5 heteroatoms. The molecule has 0 bridgehead atoms. The van der Waals surface area contributed by atoms with Gasteiger partial charge >= 0.3 is 0 Å². The van der Waals surface area contributed by atoms with Crippen LogP contribution in [0.3, 0.4) is 0 Å². The van der Waals surface area contributed by atoms with Crippen LogP contribution in [-0.4, -0.2) is 30.3 Å². The van der Waals surface area contributed by atoms with E-state index < -0.39 is 6.10 Å². The molecule has 134 valence electrons. The van der Waals surface area contributed by atoms with Crippen LogP contribution in [0.25, 0.3) is 0 Å². The second kappa shape index (κ2) is 8.50. The average Bonchev–Trinajstić information content (AvgIpc) is 2.58. The zero-order valence-corrected chi connectivity index (χ0v) is 16.3. The Morgan fingerprint density at radius 2 is 1.72 bits per heavy atom. The first-order valence-electron chi connectivity index (χ1n) is 8.21. The summed E-state index contributed by atoms with van der Waals surface area (Å²) in [4.78, 5) is 12.0. The van der Waals surface area contributed by atoms with Gasteiger partial charge in [0, 0.05) is 16.6 Å². The summed E-state index contributed by atoms with van der Waals surface area (Å²) in [5.74, 6) is 0.479. The number of rotatable bonds is 6. The Bertz CT molecular complexity index is 690. The number of halogens is 1. The van der Waals surface area contributed by atoms with Gasteiger partial charge < -0.3 is 15.2 Å². The SMILES string of the molecule is CC(C)(C)c1ccc(OCC(O)CNC(=O)c2ccc(Br)cc2)cc1. The number of carbonyl (C=O) groups is 1. The third-order valence-electron chi connectivity index (χ3n) is 3.77.